The fourth-order valence-corrected chi connectivity index (χ4v) is 3.58. The van der Waals surface area contributed by atoms with Crippen molar-refractivity contribution in [1.29, 1.82) is 0 Å². The maximum atomic E-state index is 15.0. The highest BCUT2D eigenvalue weighted by molar-refractivity contribution is 5.98. The van der Waals surface area contributed by atoms with Crippen LogP contribution in [-0.2, 0) is 0 Å². The lowest BCUT2D eigenvalue weighted by atomic mass is 9.99. The van der Waals surface area contributed by atoms with Crippen LogP contribution in [-0.4, -0.2) is 16.9 Å². The van der Waals surface area contributed by atoms with E-state index in [1.54, 1.807) is 12.1 Å². The Bertz CT molecular complexity index is 1270. The molecular formula is C27H24FNO2. The number of hydrogen-bond acceptors (Lipinski definition) is 3. The summed E-state index contributed by atoms with van der Waals surface area (Å²) in [5.74, 6) is 0.394. The average Bonchev–Trinajstić information content (AvgIpc) is 2.72. The highest BCUT2D eigenvalue weighted by atomic mass is 19.1. The molecule has 0 radical (unpaired) electrons. The number of halogens is 1. The van der Waals surface area contributed by atoms with E-state index >= 15 is 4.39 Å². The third-order valence-electron chi connectivity index (χ3n) is 4.98. The second-order valence-corrected chi connectivity index (χ2v) is 8.67. The van der Waals surface area contributed by atoms with E-state index in [0.717, 1.165) is 28.5 Å². The molecule has 0 amide bonds. The molecule has 1 heterocycles. The van der Waals surface area contributed by atoms with Crippen molar-refractivity contribution in [3.8, 4) is 28.1 Å². The largest absolute Gasteiger partial charge is 0.488 e. The van der Waals surface area contributed by atoms with Crippen LogP contribution in [0.3, 0.4) is 0 Å². The van der Waals surface area contributed by atoms with Crippen LogP contribution in [0.2, 0.25) is 0 Å². The van der Waals surface area contributed by atoms with Crippen molar-refractivity contribution < 1.29 is 13.9 Å². The van der Waals surface area contributed by atoms with Crippen molar-refractivity contribution in [2.45, 2.75) is 33.3 Å². The second kappa shape index (κ2) is 7.95. The number of fused-ring (bicyclic) bond motifs is 1. The zero-order valence-corrected chi connectivity index (χ0v) is 18.1. The standard InChI is InChI=1S/C27H24FNO2/c1-17-5-12-25-23(13-17)20(16-30)15-26(29-25)19-8-11-22(24(28)14-19)18-6-9-21(10-7-18)31-27(2,3)4/h5-16H,1-4H3. The Morgan fingerprint density at radius 1 is 0.903 bits per heavy atom. The summed E-state index contributed by atoms with van der Waals surface area (Å²) in [5.41, 5.74) is 4.47. The number of carbonyl (C=O) groups excluding carboxylic acids is 1. The summed E-state index contributed by atoms with van der Waals surface area (Å²) < 4.78 is 20.8. The SMILES string of the molecule is Cc1ccc2nc(-c3ccc(-c4ccc(OC(C)(C)C)cc4)c(F)c3)cc(C=O)c2c1. The van der Waals surface area contributed by atoms with Crippen LogP contribution in [0.4, 0.5) is 4.39 Å². The van der Waals surface area contributed by atoms with Gasteiger partial charge in [0.2, 0.25) is 0 Å². The van der Waals surface area contributed by atoms with Crippen LogP contribution in [0.25, 0.3) is 33.3 Å². The number of ether oxygens (including phenoxy) is 1. The number of aromatic nitrogens is 1. The van der Waals surface area contributed by atoms with Crippen molar-refractivity contribution in [1.82, 2.24) is 4.98 Å². The van der Waals surface area contributed by atoms with Gasteiger partial charge in [0.15, 0.2) is 6.29 Å². The van der Waals surface area contributed by atoms with Gasteiger partial charge in [-0.1, -0.05) is 35.9 Å². The lowest BCUT2D eigenvalue weighted by Crippen LogP contribution is -2.22. The Kier molecular flexibility index (Phi) is 5.32. The van der Waals surface area contributed by atoms with Crippen LogP contribution in [0, 0.1) is 12.7 Å². The molecule has 1 aromatic heterocycles. The van der Waals surface area contributed by atoms with E-state index < -0.39 is 0 Å². The van der Waals surface area contributed by atoms with Crippen molar-refractivity contribution in [2.75, 3.05) is 0 Å². The number of rotatable bonds is 4. The smallest absolute Gasteiger partial charge is 0.150 e. The Hall–Kier alpha value is -3.53. The Labute approximate surface area is 181 Å². The van der Waals surface area contributed by atoms with Gasteiger partial charge >= 0.3 is 0 Å². The first-order valence-corrected chi connectivity index (χ1v) is 10.2. The first-order chi connectivity index (χ1) is 14.7. The number of benzene rings is 3. The third kappa shape index (κ3) is 4.48. The zero-order valence-electron chi connectivity index (χ0n) is 18.1. The maximum absolute atomic E-state index is 15.0. The predicted molar refractivity (Wildman–Crippen MR) is 123 cm³/mol. The summed E-state index contributed by atoms with van der Waals surface area (Å²) in [6.07, 6.45) is 0.818. The zero-order chi connectivity index (χ0) is 22.2. The summed E-state index contributed by atoms with van der Waals surface area (Å²) in [4.78, 5) is 16.3. The van der Waals surface area contributed by atoms with E-state index in [4.69, 9.17) is 4.74 Å². The molecule has 3 aromatic carbocycles. The van der Waals surface area contributed by atoms with Gasteiger partial charge in [-0.15, -0.1) is 0 Å². The van der Waals surface area contributed by atoms with E-state index in [1.807, 2.05) is 76.2 Å². The number of aldehydes is 1. The quantitative estimate of drug-likeness (QED) is 0.338. The monoisotopic (exact) mass is 413 g/mol. The summed E-state index contributed by atoms with van der Waals surface area (Å²) in [7, 11) is 0. The number of hydrogen-bond donors (Lipinski definition) is 0. The Balaban J connectivity index is 1.69. The van der Waals surface area contributed by atoms with Crippen molar-refractivity contribution in [3.05, 3.63) is 83.7 Å². The number of aryl methyl sites for hydroxylation is 1. The number of carbonyl (C=O) groups is 1. The molecular weight excluding hydrogens is 389 g/mol. The van der Waals surface area contributed by atoms with E-state index in [0.29, 0.717) is 27.9 Å². The van der Waals surface area contributed by atoms with Gasteiger partial charge in [0.05, 0.1) is 11.2 Å². The van der Waals surface area contributed by atoms with E-state index in [2.05, 4.69) is 4.98 Å². The number of pyridine rings is 1. The van der Waals surface area contributed by atoms with Gasteiger partial charge < -0.3 is 4.74 Å². The maximum Gasteiger partial charge on any atom is 0.150 e. The van der Waals surface area contributed by atoms with Gasteiger partial charge in [0.25, 0.3) is 0 Å². The van der Waals surface area contributed by atoms with Crippen LogP contribution >= 0.6 is 0 Å². The molecule has 0 atom stereocenters. The molecule has 0 saturated heterocycles. The fraction of sp³-hybridized carbons (Fsp3) is 0.185. The van der Waals surface area contributed by atoms with Crippen LogP contribution in [0.1, 0.15) is 36.7 Å². The summed E-state index contributed by atoms with van der Waals surface area (Å²) in [5, 5.41) is 0.799. The minimum Gasteiger partial charge on any atom is -0.488 e. The highest BCUT2D eigenvalue weighted by Crippen LogP contribution is 2.31. The lowest BCUT2D eigenvalue weighted by Gasteiger charge is -2.21. The molecule has 0 unspecified atom stereocenters. The topological polar surface area (TPSA) is 39.2 Å². The Morgan fingerprint density at radius 2 is 1.61 bits per heavy atom. The van der Waals surface area contributed by atoms with Crippen molar-refractivity contribution in [3.63, 3.8) is 0 Å². The molecule has 4 aromatic rings. The first kappa shape index (κ1) is 20.7. The summed E-state index contributed by atoms with van der Waals surface area (Å²) in [6.45, 7) is 7.92. The van der Waals surface area contributed by atoms with Gasteiger partial charge in [-0.3, -0.25) is 4.79 Å². The Morgan fingerprint density at radius 3 is 2.26 bits per heavy atom. The molecule has 0 N–H and O–H groups in total. The molecule has 0 aliphatic rings. The van der Waals surface area contributed by atoms with E-state index in [-0.39, 0.29) is 11.4 Å². The van der Waals surface area contributed by atoms with Crippen LogP contribution in [0.5, 0.6) is 5.75 Å². The molecule has 0 saturated carbocycles. The fourth-order valence-electron chi connectivity index (χ4n) is 3.58. The summed E-state index contributed by atoms with van der Waals surface area (Å²) >= 11 is 0. The molecule has 31 heavy (non-hydrogen) atoms. The second-order valence-electron chi connectivity index (χ2n) is 8.67. The predicted octanol–water partition coefficient (Wildman–Crippen LogP) is 7.01. The molecule has 4 rings (SSSR count). The molecule has 156 valence electrons. The lowest BCUT2D eigenvalue weighted by molar-refractivity contribution is 0.112. The van der Waals surface area contributed by atoms with Crippen LogP contribution in [0.15, 0.2) is 66.7 Å². The molecule has 0 aliphatic heterocycles. The average molecular weight is 413 g/mol. The minimum absolute atomic E-state index is 0.291. The normalized spacial score (nSPS) is 11.5. The first-order valence-electron chi connectivity index (χ1n) is 10.2. The number of nitrogens with zero attached hydrogens (tertiary/aromatic N) is 1. The van der Waals surface area contributed by atoms with Gasteiger partial charge in [0.1, 0.15) is 17.2 Å². The molecule has 0 aliphatic carbocycles. The minimum atomic E-state index is -0.347. The third-order valence-corrected chi connectivity index (χ3v) is 4.98. The molecule has 4 heteroatoms. The van der Waals surface area contributed by atoms with E-state index in [1.165, 1.54) is 6.07 Å². The van der Waals surface area contributed by atoms with Gasteiger partial charge in [-0.25, -0.2) is 9.37 Å². The van der Waals surface area contributed by atoms with Crippen molar-refractivity contribution in [2.24, 2.45) is 0 Å². The molecule has 3 nitrogen and oxygen atoms in total. The van der Waals surface area contributed by atoms with Gasteiger partial charge in [-0.05, 0) is 69.7 Å². The molecule has 0 spiro atoms. The molecule has 0 fully saturated rings. The van der Waals surface area contributed by atoms with Crippen molar-refractivity contribution >= 4 is 17.2 Å². The highest BCUT2D eigenvalue weighted by Gasteiger charge is 2.14. The van der Waals surface area contributed by atoms with Gasteiger partial charge in [0, 0.05) is 22.1 Å². The van der Waals surface area contributed by atoms with E-state index in [9.17, 15) is 4.79 Å². The molecule has 0 bridgehead atoms. The summed E-state index contributed by atoms with van der Waals surface area (Å²) in [6, 6.07) is 19.9. The van der Waals surface area contributed by atoms with Gasteiger partial charge in [-0.2, -0.15) is 0 Å². The van der Waals surface area contributed by atoms with Crippen LogP contribution < -0.4 is 4.74 Å².